The molecule has 0 aromatic heterocycles. The van der Waals surface area contributed by atoms with Crippen LogP contribution in [0.25, 0.3) is 0 Å². The summed E-state index contributed by atoms with van der Waals surface area (Å²) in [6.07, 6.45) is 3.97. The van der Waals surface area contributed by atoms with Crippen LogP contribution < -0.4 is 5.32 Å². The van der Waals surface area contributed by atoms with Crippen LogP contribution in [-0.4, -0.2) is 46.8 Å². The van der Waals surface area contributed by atoms with Crippen LogP contribution in [0.2, 0.25) is 0 Å². The number of nitrogens with one attached hydrogen (secondary N) is 1. The van der Waals surface area contributed by atoms with E-state index >= 15 is 0 Å². The zero-order chi connectivity index (χ0) is 21.4. The van der Waals surface area contributed by atoms with E-state index < -0.39 is 11.6 Å². The number of urea groups is 1. The number of hydrogen-bond donors (Lipinski definition) is 1. The molecule has 1 N–H and O–H groups in total. The molecule has 6 heteroatoms. The monoisotopic (exact) mass is 399 g/mol. The molecule has 0 spiro atoms. The first-order chi connectivity index (χ1) is 13.6. The van der Waals surface area contributed by atoms with E-state index in [1.807, 2.05) is 29.2 Å². The third-order valence-electron chi connectivity index (χ3n) is 6.32. The van der Waals surface area contributed by atoms with Crippen LogP contribution in [0.4, 0.5) is 4.79 Å². The van der Waals surface area contributed by atoms with Crippen LogP contribution >= 0.6 is 0 Å². The third kappa shape index (κ3) is 4.02. The van der Waals surface area contributed by atoms with E-state index in [4.69, 9.17) is 0 Å². The second-order valence-electron chi connectivity index (χ2n) is 9.42. The molecule has 2 unspecified atom stereocenters. The second kappa shape index (κ2) is 7.81. The molecule has 3 rings (SSSR count). The van der Waals surface area contributed by atoms with E-state index in [1.54, 1.807) is 6.92 Å². The number of imide groups is 1. The van der Waals surface area contributed by atoms with Crippen molar-refractivity contribution in [2.24, 2.45) is 0 Å². The van der Waals surface area contributed by atoms with Crippen molar-refractivity contribution in [3.05, 3.63) is 35.4 Å². The molecular formula is C23H33N3O3. The zero-order valence-corrected chi connectivity index (χ0v) is 18.2. The minimum Gasteiger partial charge on any atom is -0.338 e. The Morgan fingerprint density at radius 2 is 1.83 bits per heavy atom. The van der Waals surface area contributed by atoms with Crippen molar-refractivity contribution < 1.29 is 14.4 Å². The Bertz CT molecular complexity index is 797. The van der Waals surface area contributed by atoms with E-state index in [1.165, 1.54) is 0 Å². The molecule has 2 aliphatic rings. The smallest absolute Gasteiger partial charge is 0.325 e. The number of benzene rings is 1. The predicted octanol–water partition coefficient (Wildman–Crippen LogP) is 3.54. The first-order valence-corrected chi connectivity index (χ1v) is 10.6. The summed E-state index contributed by atoms with van der Waals surface area (Å²) < 4.78 is 0. The lowest BCUT2D eigenvalue weighted by atomic mass is 9.84. The van der Waals surface area contributed by atoms with Gasteiger partial charge in [0.05, 0.1) is 0 Å². The van der Waals surface area contributed by atoms with Crippen molar-refractivity contribution in [3.63, 3.8) is 0 Å². The van der Waals surface area contributed by atoms with Crippen LogP contribution in [0.15, 0.2) is 24.3 Å². The van der Waals surface area contributed by atoms with Gasteiger partial charge in [-0.15, -0.1) is 0 Å². The summed E-state index contributed by atoms with van der Waals surface area (Å²) in [5.41, 5.74) is 0.734. The molecule has 2 aliphatic heterocycles. The van der Waals surface area contributed by atoms with Gasteiger partial charge in [0.1, 0.15) is 12.1 Å². The predicted molar refractivity (Wildman–Crippen MR) is 112 cm³/mol. The van der Waals surface area contributed by atoms with E-state index in [2.05, 4.69) is 33.0 Å². The molecule has 0 radical (unpaired) electrons. The Labute approximate surface area is 173 Å². The van der Waals surface area contributed by atoms with Crippen LogP contribution in [0.1, 0.15) is 71.4 Å². The van der Waals surface area contributed by atoms with Crippen LogP contribution in [0, 0.1) is 0 Å². The van der Waals surface area contributed by atoms with Crippen LogP contribution in [0.5, 0.6) is 0 Å². The Kier molecular flexibility index (Phi) is 5.74. The van der Waals surface area contributed by atoms with Gasteiger partial charge in [-0.2, -0.15) is 0 Å². The fraction of sp³-hybridized carbons (Fsp3) is 0.609. The first kappa shape index (κ1) is 21.3. The van der Waals surface area contributed by atoms with Crippen molar-refractivity contribution >= 4 is 17.8 Å². The fourth-order valence-corrected chi connectivity index (χ4v) is 4.32. The summed E-state index contributed by atoms with van der Waals surface area (Å²) in [5.74, 6) is -0.517. The van der Waals surface area contributed by atoms with Crippen molar-refractivity contribution in [1.29, 1.82) is 0 Å². The lowest BCUT2D eigenvalue weighted by molar-refractivity contribution is -0.141. The largest absolute Gasteiger partial charge is 0.338 e. The molecule has 2 fully saturated rings. The minimum absolute atomic E-state index is 0.00504. The van der Waals surface area contributed by atoms with Crippen molar-refractivity contribution in [1.82, 2.24) is 15.1 Å². The van der Waals surface area contributed by atoms with Gasteiger partial charge in [0, 0.05) is 12.6 Å². The van der Waals surface area contributed by atoms with Gasteiger partial charge in [0.25, 0.3) is 5.91 Å². The Morgan fingerprint density at radius 3 is 2.41 bits per heavy atom. The number of carbonyl (C=O) groups excluding carboxylic acids is 3. The highest BCUT2D eigenvalue weighted by molar-refractivity contribution is 6.09. The Morgan fingerprint density at radius 1 is 1.17 bits per heavy atom. The number of rotatable bonds is 4. The molecule has 158 valence electrons. The molecule has 2 atom stereocenters. The maximum Gasteiger partial charge on any atom is 0.325 e. The average Bonchev–Trinajstić information content (AvgIpc) is 2.91. The summed E-state index contributed by atoms with van der Waals surface area (Å²) in [4.78, 5) is 41.5. The third-order valence-corrected chi connectivity index (χ3v) is 6.32. The number of amides is 4. The highest BCUT2D eigenvalue weighted by atomic mass is 16.2. The van der Waals surface area contributed by atoms with Gasteiger partial charge in [-0.05, 0) is 49.1 Å². The molecular weight excluding hydrogens is 366 g/mol. The van der Waals surface area contributed by atoms with Crippen LogP contribution in [-0.2, 0) is 20.5 Å². The van der Waals surface area contributed by atoms with Crippen LogP contribution in [0.3, 0.4) is 0 Å². The molecule has 0 aliphatic carbocycles. The second-order valence-corrected chi connectivity index (χ2v) is 9.42. The topological polar surface area (TPSA) is 69.7 Å². The maximum atomic E-state index is 13.2. The van der Waals surface area contributed by atoms with Gasteiger partial charge in [-0.1, -0.05) is 52.0 Å². The fourth-order valence-electron chi connectivity index (χ4n) is 4.32. The standard InChI is InChI=1S/C23H33N3O3/c1-6-18-9-7-8-14-25(18)19(27)15-26-20(28)23(5,24-21(26)29)17-12-10-16(11-13-17)22(2,3)4/h10-13,18H,6-9,14-15H2,1-5H3,(H,24,29). The molecule has 4 amide bonds. The van der Waals surface area contributed by atoms with Gasteiger partial charge in [-0.3, -0.25) is 14.5 Å². The normalized spacial score (nSPS) is 25.3. The summed E-state index contributed by atoms with van der Waals surface area (Å²) in [7, 11) is 0. The van der Waals surface area contributed by atoms with Crippen molar-refractivity contribution in [2.75, 3.05) is 13.1 Å². The SMILES string of the molecule is CCC1CCCCN1C(=O)CN1C(=O)NC(C)(c2ccc(C(C)(C)C)cc2)C1=O. The van der Waals surface area contributed by atoms with Gasteiger partial charge < -0.3 is 10.2 Å². The number of nitrogens with zero attached hydrogens (tertiary/aromatic N) is 2. The molecule has 2 heterocycles. The van der Waals surface area contributed by atoms with E-state index in [9.17, 15) is 14.4 Å². The average molecular weight is 400 g/mol. The van der Waals surface area contributed by atoms with Gasteiger partial charge in [0.2, 0.25) is 5.91 Å². The number of carbonyl (C=O) groups is 3. The quantitative estimate of drug-likeness (QED) is 0.788. The van der Waals surface area contributed by atoms with Crippen molar-refractivity contribution in [2.45, 2.75) is 77.3 Å². The van der Waals surface area contributed by atoms with Gasteiger partial charge in [0.15, 0.2) is 0 Å². The number of likely N-dealkylation sites (tertiary alicyclic amines) is 1. The molecule has 2 saturated heterocycles. The molecule has 0 bridgehead atoms. The molecule has 1 aromatic rings. The van der Waals surface area contributed by atoms with Gasteiger partial charge in [-0.25, -0.2) is 4.79 Å². The lowest BCUT2D eigenvalue weighted by Gasteiger charge is -2.36. The summed E-state index contributed by atoms with van der Waals surface area (Å²) in [6, 6.07) is 7.47. The summed E-state index contributed by atoms with van der Waals surface area (Å²) >= 11 is 0. The van der Waals surface area contributed by atoms with Crippen molar-refractivity contribution in [3.8, 4) is 0 Å². The highest BCUT2D eigenvalue weighted by Gasteiger charge is 2.50. The van der Waals surface area contributed by atoms with E-state index in [-0.39, 0.29) is 29.8 Å². The van der Waals surface area contributed by atoms with E-state index in [0.29, 0.717) is 6.54 Å². The molecule has 29 heavy (non-hydrogen) atoms. The Balaban J connectivity index is 1.77. The van der Waals surface area contributed by atoms with E-state index in [0.717, 1.165) is 41.7 Å². The minimum atomic E-state index is -1.15. The lowest BCUT2D eigenvalue weighted by Crippen LogP contribution is -2.49. The van der Waals surface area contributed by atoms with Gasteiger partial charge >= 0.3 is 6.03 Å². The zero-order valence-electron chi connectivity index (χ0n) is 18.2. The summed E-state index contributed by atoms with van der Waals surface area (Å²) in [5, 5.41) is 2.80. The molecule has 6 nitrogen and oxygen atoms in total. The molecule has 1 aromatic carbocycles. The number of piperidine rings is 1. The highest BCUT2D eigenvalue weighted by Crippen LogP contribution is 2.31. The number of hydrogen-bond acceptors (Lipinski definition) is 3. The maximum absolute atomic E-state index is 13.2. The summed E-state index contributed by atoms with van der Waals surface area (Å²) in [6.45, 7) is 10.7. The first-order valence-electron chi connectivity index (χ1n) is 10.6. The molecule has 0 saturated carbocycles. The Hall–Kier alpha value is -2.37.